The van der Waals surface area contributed by atoms with E-state index in [0.29, 0.717) is 11.4 Å². The number of alkyl halides is 2. The number of nitrogens with zero attached hydrogens (tertiary/aromatic N) is 2. The Morgan fingerprint density at radius 3 is 1.90 bits per heavy atom. The van der Waals surface area contributed by atoms with Gasteiger partial charge in [0.15, 0.2) is 5.69 Å². The zero-order valence-electron chi connectivity index (χ0n) is 15.8. The number of rotatable bonds is 6. The van der Waals surface area contributed by atoms with Crippen LogP contribution in [0, 0.1) is 0 Å². The first-order chi connectivity index (χ1) is 14.2. The highest BCUT2D eigenvalue weighted by atomic mass is 35.5. The summed E-state index contributed by atoms with van der Waals surface area (Å²) < 4.78 is 9.55. The fourth-order valence-corrected chi connectivity index (χ4v) is 3.06. The van der Waals surface area contributed by atoms with Gasteiger partial charge >= 0.3 is 11.9 Å². The maximum atomic E-state index is 11.4. The smallest absolute Gasteiger partial charge is 0.358 e. The molecule has 0 aliphatic rings. The number of pyridine rings is 2. The van der Waals surface area contributed by atoms with Crippen LogP contribution in [0.15, 0.2) is 12.1 Å². The summed E-state index contributed by atoms with van der Waals surface area (Å²) >= 11 is 34.4. The Labute approximate surface area is 211 Å². The number of aromatic nitrogens is 2. The van der Waals surface area contributed by atoms with Gasteiger partial charge in [-0.15, -0.1) is 23.2 Å². The molecule has 0 aliphatic carbocycles. The molecule has 2 aromatic heterocycles. The molecule has 0 saturated heterocycles. The van der Waals surface area contributed by atoms with E-state index in [0.717, 1.165) is 0 Å². The Hall–Kier alpha value is -1.02. The van der Waals surface area contributed by atoms with Crippen molar-refractivity contribution >= 4 is 81.5 Å². The summed E-state index contributed by atoms with van der Waals surface area (Å²) in [6, 6.07) is 2.87. The van der Waals surface area contributed by atoms with Gasteiger partial charge in [0.1, 0.15) is 5.69 Å². The summed E-state index contributed by atoms with van der Waals surface area (Å²) in [6.45, 7) is 3.92. The Morgan fingerprint density at radius 1 is 0.839 bits per heavy atom. The molecule has 0 N–H and O–H groups in total. The number of hydrogen-bond donors (Lipinski definition) is 0. The van der Waals surface area contributed by atoms with Gasteiger partial charge in [-0.25, -0.2) is 19.6 Å². The van der Waals surface area contributed by atoms with Gasteiger partial charge in [-0.3, -0.25) is 0 Å². The summed E-state index contributed by atoms with van der Waals surface area (Å²) in [6.07, 6.45) is 0. The molecule has 0 unspecified atom stereocenters. The van der Waals surface area contributed by atoms with Crippen LogP contribution in [0.4, 0.5) is 0 Å². The minimum atomic E-state index is -0.601. The first kappa shape index (κ1) is 30.0. The number of esters is 2. The molecular weight excluding hydrogens is 533 g/mol. The summed E-state index contributed by atoms with van der Waals surface area (Å²) in [5.74, 6) is -0.895. The van der Waals surface area contributed by atoms with Crippen molar-refractivity contribution in [2.45, 2.75) is 33.0 Å². The Balaban J connectivity index is 0.000000562. The van der Waals surface area contributed by atoms with E-state index in [1.54, 1.807) is 13.8 Å². The molecule has 0 aromatic carbocycles. The molecule has 0 atom stereocenters. The van der Waals surface area contributed by atoms with Crippen molar-refractivity contribution in [1.82, 2.24) is 9.97 Å². The van der Waals surface area contributed by atoms with Crippen LogP contribution in [-0.4, -0.2) is 35.1 Å². The number of carbonyl (C=O) groups is 2. The lowest BCUT2D eigenvalue weighted by Crippen LogP contribution is -2.09. The highest BCUT2D eigenvalue weighted by Gasteiger charge is 2.17. The summed E-state index contributed by atoms with van der Waals surface area (Å²) in [4.78, 5) is 30.7. The van der Waals surface area contributed by atoms with Gasteiger partial charge in [0.25, 0.3) is 0 Å². The molecule has 0 spiro atoms. The topological polar surface area (TPSA) is 78.4 Å². The van der Waals surface area contributed by atoms with Crippen LogP contribution in [-0.2, 0) is 21.2 Å². The minimum absolute atomic E-state index is 0. The van der Waals surface area contributed by atoms with Crippen molar-refractivity contribution in [3.05, 3.63) is 55.0 Å². The normalized spacial score (nSPS) is 9.81. The van der Waals surface area contributed by atoms with E-state index in [2.05, 4.69) is 9.97 Å². The third-order valence-electron chi connectivity index (χ3n) is 3.17. The molecule has 0 fully saturated rings. The molecule has 0 amide bonds. The van der Waals surface area contributed by atoms with E-state index in [9.17, 15) is 9.59 Å². The van der Waals surface area contributed by atoms with Gasteiger partial charge < -0.3 is 9.47 Å². The van der Waals surface area contributed by atoms with Gasteiger partial charge in [-0.2, -0.15) is 0 Å². The lowest BCUT2D eigenvalue weighted by Gasteiger charge is -2.06. The van der Waals surface area contributed by atoms with Crippen LogP contribution >= 0.6 is 69.6 Å². The third-order valence-corrected chi connectivity index (χ3v) is 5.29. The monoisotopic (exact) mass is 550 g/mol. The lowest BCUT2D eigenvalue weighted by atomic mass is 10.3. The van der Waals surface area contributed by atoms with Gasteiger partial charge in [0.2, 0.25) is 0 Å². The van der Waals surface area contributed by atoms with Crippen molar-refractivity contribution in [3.8, 4) is 0 Å². The van der Waals surface area contributed by atoms with Crippen molar-refractivity contribution < 1.29 is 19.1 Å². The van der Waals surface area contributed by atoms with Crippen molar-refractivity contribution in [1.29, 1.82) is 0 Å². The molecule has 31 heavy (non-hydrogen) atoms. The molecular formula is C19H20Cl6N2O4. The summed E-state index contributed by atoms with van der Waals surface area (Å²) in [7, 11) is 0. The SMILES string of the molecule is C.CCOC(=O)c1cc(Cl)c(Cl)c(CCl)n1.CCOC(=O)c1nc(CCl)cc(Cl)c1Cl. The van der Waals surface area contributed by atoms with E-state index in [-0.39, 0.29) is 63.9 Å². The Morgan fingerprint density at radius 2 is 1.39 bits per heavy atom. The van der Waals surface area contributed by atoms with Crippen molar-refractivity contribution in [2.24, 2.45) is 0 Å². The van der Waals surface area contributed by atoms with Crippen LogP contribution in [0.5, 0.6) is 0 Å². The maximum Gasteiger partial charge on any atom is 0.358 e. The summed E-state index contributed by atoms with van der Waals surface area (Å²) in [5.41, 5.74) is 0.964. The highest BCUT2D eigenvalue weighted by Crippen LogP contribution is 2.27. The molecule has 2 rings (SSSR count). The zero-order valence-corrected chi connectivity index (χ0v) is 20.3. The highest BCUT2D eigenvalue weighted by molar-refractivity contribution is 6.43. The molecule has 0 aliphatic heterocycles. The molecule has 2 aromatic rings. The van der Waals surface area contributed by atoms with Gasteiger partial charge in [-0.05, 0) is 26.0 Å². The van der Waals surface area contributed by atoms with Crippen LogP contribution in [0.2, 0.25) is 20.1 Å². The average molecular weight is 553 g/mol. The van der Waals surface area contributed by atoms with E-state index < -0.39 is 11.9 Å². The second-order valence-corrected chi connectivity index (χ2v) is 7.32. The number of ether oxygens (including phenoxy) is 2. The molecule has 12 heteroatoms. The van der Waals surface area contributed by atoms with E-state index in [1.807, 2.05) is 0 Å². The van der Waals surface area contributed by atoms with Gasteiger partial charge in [0, 0.05) is 0 Å². The van der Waals surface area contributed by atoms with Crippen LogP contribution in [0.25, 0.3) is 0 Å². The van der Waals surface area contributed by atoms with Crippen molar-refractivity contribution in [2.75, 3.05) is 13.2 Å². The number of carbonyl (C=O) groups excluding carboxylic acids is 2. The Bertz CT molecular complexity index is 911. The second-order valence-electron chi connectivity index (χ2n) is 5.22. The second kappa shape index (κ2) is 14.9. The molecule has 2 heterocycles. The summed E-state index contributed by atoms with van der Waals surface area (Å²) in [5, 5.41) is 0.833. The molecule has 6 nitrogen and oxygen atoms in total. The predicted molar refractivity (Wildman–Crippen MR) is 126 cm³/mol. The fraction of sp³-hybridized carbons (Fsp3) is 0.368. The first-order valence-corrected chi connectivity index (χ1v) is 10.9. The van der Waals surface area contributed by atoms with E-state index in [4.69, 9.17) is 79.1 Å². The van der Waals surface area contributed by atoms with Gasteiger partial charge in [-0.1, -0.05) is 53.8 Å². The van der Waals surface area contributed by atoms with E-state index in [1.165, 1.54) is 12.1 Å². The molecule has 0 saturated carbocycles. The average Bonchev–Trinajstić information content (AvgIpc) is 2.72. The quantitative estimate of drug-likeness (QED) is 0.277. The Kier molecular flexibility index (Phi) is 14.4. The van der Waals surface area contributed by atoms with Gasteiger partial charge in [0.05, 0.1) is 56.5 Å². The first-order valence-electron chi connectivity index (χ1n) is 8.35. The van der Waals surface area contributed by atoms with Crippen LogP contribution < -0.4 is 0 Å². The lowest BCUT2D eigenvalue weighted by molar-refractivity contribution is 0.0510. The number of hydrogen-bond acceptors (Lipinski definition) is 6. The molecule has 172 valence electrons. The fourth-order valence-electron chi connectivity index (χ4n) is 1.90. The van der Waals surface area contributed by atoms with Crippen LogP contribution in [0.1, 0.15) is 53.6 Å². The largest absolute Gasteiger partial charge is 0.461 e. The number of halogens is 6. The zero-order chi connectivity index (χ0) is 22.8. The maximum absolute atomic E-state index is 11.4. The molecule has 0 radical (unpaired) electrons. The molecule has 0 bridgehead atoms. The van der Waals surface area contributed by atoms with Crippen molar-refractivity contribution in [3.63, 3.8) is 0 Å². The predicted octanol–water partition coefficient (Wildman–Crippen LogP) is 7.24. The third kappa shape index (κ3) is 8.79. The standard InChI is InChI=1S/2C9H8Cl3NO2.CH4/c1-2-15-9(14)6-3-5(11)8(12)7(4-10)13-6;1-2-15-9(14)8-7(12)6(11)3-5(4-10)13-8;/h2*3H,2,4H2,1H3;1H4. The van der Waals surface area contributed by atoms with E-state index >= 15 is 0 Å². The minimum Gasteiger partial charge on any atom is -0.461 e. The van der Waals surface area contributed by atoms with Crippen LogP contribution in [0.3, 0.4) is 0 Å².